The maximum absolute atomic E-state index is 13.6. The number of nitrogens with two attached hydrogens (primary N) is 1. The lowest BCUT2D eigenvalue weighted by Crippen LogP contribution is -2.55. The maximum Gasteiger partial charge on any atom is 0.410 e. The van der Waals surface area contributed by atoms with Gasteiger partial charge in [-0.2, -0.15) is 0 Å². The van der Waals surface area contributed by atoms with Gasteiger partial charge in [0.15, 0.2) is 0 Å². The lowest BCUT2D eigenvalue weighted by Gasteiger charge is -2.32. The number of hydrogen-bond acceptors (Lipinski definition) is 8. The monoisotopic (exact) mass is 606 g/mol. The van der Waals surface area contributed by atoms with Crippen molar-refractivity contribution in [2.24, 2.45) is 17.6 Å². The van der Waals surface area contributed by atoms with Crippen molar-refractivity contribution in [3.05, 3.63) is 29.5 Å². The number of carbonyl (C=O) groups is 4. The minimum absolute atomic E-state index is 0.0476. The molecule has 0 aliphatic carbocycles. The van der Waals surface area contributed by atoms with Crippen LogP contribution in [0, 0.1) is 11.8 Å². The fraction of sp³-hybridized carbons (Fsp3) is 0.613. The van der Waals surface area contributed by atoms with E-state index in [1.54, 1.807) is 45.9 Å². The molecule has 43 heavy (non-hydrogen) atoms. The van der Waals surface area contributed by atoms with Gasteiger partial charge in [0.25, 0.3) is 0 Å². The number of carboxylic acid groups (broad SMARTS) is 1. The van der Waals surface area contributed by atoms with Crippen molar-refractivity contribution in [1.29, 1.82) is 0 Å². The molecule has 242 valence electrons. The molecule has 0 heterocycles. The molecule has 0 aliphatic rings. The van der Waals surface area contributed by atoms with Crippen LogP contribution in [-0.2, 0) is 25.5 Å². The minimum atomic E-state index is -1.18. The summed E-state index contributed by atoms with van der Waals surface area (Å²) < 4.78 is 16.6. The van der Waals surface area contributed by atoms with Crippen LogP contribution in [0.3, 0.4) is 0 Å². The Hall–Kier alpha value is -3.80. The van der Waals surface area contributed by atoms with E-state index in [2.05, 4.69) is 10.6 Å². The molecular weight excluding hydrogens is 556 g/mol. The Balaban J connectivity index is 3.51. The van der Waals surface area contributed by atoms with Crippen molar-refractivity contribution < 1.29 is 38.5 Å². The largest absolute Gasteiger partial charge is 0.496 e. The molecule has 0 saturated carbocycles. The highest BCUT2D eigenvalue weighted by molar-refractivity contribution is 5.89. The molecule has 0 fully saturated rings. The van der Waals surface area contributed by atoms with E-state index >= 15 is 0 Å². The van der Waals surface area contributed by atoms with Crippen molar-refractivity contribution in [3.63, 3.8) is 0 Å². The average molecular weight is 607 g/mol. The van der Waals surface area contributed by atoms with Crippen LogP contribution in [-0.4, -0.2) is 78.9 Å². The highest BCUT2D eigenvalue weighted by atomic mass is 16.6. The molecule has 1 aromatic carbocycles. The molecule has 5 N–H and O–H groups in total. The third kappa shape index (κ3) is 11.8. The molecular formula is C31H50N4O8. The summed E-state index contributed by atoms with van der Waals surface area (Å²) in [6.07, 6.45) is 3.33. The summed E-state index contributed by atoms with van der Waals surface area (Å²) in [6, 6.07) is 0.359. The number of rotatable bonds is 15. The van der Waals surface area contributed by atoms with Gasteiger partial charge in [-0.15, -0.1) is 0 Å². The number of aliphatic carboxylic acids is 1. The fourth-order valence-electron chi connectivity index (χ4n) is 4.22. The Kier molecular flexibility index (Phi) is 14.5. The molecule has 0 spiro atoms. The molecule has 12 heteroatoms. The second kappa shape index (κ2) is 16.7. The molecule has 3 amide bonds. The van der Waals surface area contributed by atoms with E-state index in [1.165, 1.54) is 27.5 Å². The lowest BCUT2D eigenvalue weighted by molar-refractivity contribution is -0.144. The zero-order chi connectivity index (χ0) is 33.1. The van der Waals surface area contributed by atoms with Crippen molar-refractivity contribution >= 4 is 30.0 Å². The first-order valence-corrected chi connectivity index (χ1v) is 14.4. The molecule has 0 bridgehead atoms. The number of hydrogen-bond donors (Lipinski definition) is 4. The number of methoxy groups -OCH3 is 2. The van der Waals surface area contributed by atoms with Gasteiger partial charge in [0.1, 0.15) is 29.2 Å². The van der Waals surface area contributed by atoms with Gasteiger partial charge in [0.05, 0.1) is 20.3 Å². The molecule has 4 atom stereocenters. The van der Waals surface area contributed by atoms with Crippen molar-refractivity contribution in [3.8, 4) is 11.5 Å². The second-order valence-corrected chi connectivity index (χ2v) is 12.0. The van der Waals surface area contributed by atoms with Gasteiger partial charge in [-0.3, -0.25) is 14.5 Å². The number of nitrogens with one attached hydrogen (secondary N) is 2. The van der Waals surface area contributed by atoms with E-state index < -0.39 is 41.7 Å². The Morgan fingerprint density at radius 2 is 1.65 bits per heavy atom. The SMILES string of the molecule is CC[C@H](C)[C@H](NC(=O)[C@H](Cc1cc(/C=C\NC(=O)[C@@H](N)CC(C)C)c(OC)cc1OC)N(C)C(=O)OC(C)(C)C)C(=O)O. The molecule has 0 aromatic heterocycles. The lowest BCUT2D eigenvalue weighted by atomic mass is 9.97. The van der Waals surface area contributed by atoms with Gasteiger partial charge < -0.3 is 35.7 Å². The summed E-state index contributed by atoms with van der Waals surface area (Å²) in [4.78, 5) is 52.2. The molecule has 0 unspecified atom stereocenters. The Bertz CT molecular complexity index is 1150. The number of ether oxygens (including phenoxy) is 3. The molecule has 0 aliphatic heterocycles. The zero-order valence-electron chi connectivity index (χ0n) is 27.1. The van der Waals surface area contributed by atoms with Crippen LogP contribution in [0.5, 0.6) is 11.5 Å². The highest BCUT2D eigenvalue weighted by Gasteiger charge is 2.35. The van der Waals surface area contributed by atoms with Crippen molar-refractivity contribution in [2.75, 3.05) is 21.3 Å². The van der Waals surface area contributed by atoms with Gasteiger partial charge >= 0.3 is 12.1 Å². The quantitative estimate of drug-likeness (QED) is 0.233. The van der Waals surface area contributed by atoms with Gasteiger partial charge in [-0.05, 0) is 56.7 Å². The van der Waals surface area contributed by atoms with Crippen molar-refractivity contribution in [2.45, 2.75) is 91.5 Å². The predicted octanol–water partition coefficient (Wildman–Crippen LogP) is 3.56. The van der Waals surface area contributed by atoms with Crippen LogP contribution in [0.4, 0.5) is 4.79 Å². The molecule has 1 aromatic rings. The number of nitrogens with zero attached hydrogens (tertiary/aromatic N) is 1. The number of likely N-dealkylation sites (N-methyl/N-ethyl adjacent to an activating group) is 1. The van der Waals surface area contributed by atoms with Crippen LogP contribution < -0.4 is 25.8 Å². The first-order chi connectivity index (χ1) is 19.9. The number of benzene rings is 1. The highest BCUT2D eigenvalue weighted by Crippen LogP contribution is 2.32. The normalized spacial score (nSPS) is 14.4. The van der Waals surface area contributed by atoms with E-state index in [-0.39, 0.29) is 24.2 Å². The van der Waals surface area contributed by atoms with Gasteiger partial charge in [0.2, 0.25) is 11.8 Å². The smallest absolute Gasteiger partial charge is 0.410 e. The standard InChI is InChI=1S/C31H50N4O8/c1-11-19(4)26(29(38)39)34-28(37)23(35(8)30(40)43-31(5,6)7)16-21-15-20(24(41-9)17-25(21)42-10)12-13-33-27(36)22(32)14-18(2)3/h12-13,15,17-19,22-23,26H,11,14,16,32H2,1-10H3,(H,33,36)(H,34,37)(H,38,39)/b13-12-/t19-,22-,23-,26-/m0/s1. The van der Waals surface area contributed by atoms with Gasteiger partial charge in [-0.25, -0.2) is 9.59 Å². The third-order valence-corrected chi connectivity index (χ3v) is 6.83. The van der Waals surface area contributed by atoms with E-state index in [0.29, 0.717) is 35.5 Å². The molecule has 12 nitrogen and oxygen atoms in total. The summed E-state index contributed by atoms with van der Waals surface area (Å²) in [7, 11) is 4.36. The van der Waals surface area contributed by atoms with E-state index in [1.807, 2.05) is 20.8 Å². The van der Waals surface area contributed by atoms with Crippen LogP contribution in [0.2, 0.25) is 0 Å². The second-order valence-electron chi connectivity index (χ2n) is 12.0. The van der Waals surface area contributed by atoms with Crippen molar-refractivity contribution in [1.82, 2.24) is 15.5 Å². The summed E-state index contributed by atoms with van der Waals surface area (Å²) in [5, 5.41) is 15.1. The average Bonchev–Trinajstić information content (AvgIpc) is 2.91. The number of carboxylic acids is 1. The van der Waals surface area contributed by atoms with Crippen LogP contribution in [0.1, 0.15) is 72.4 Å². The van der Waals surface area contributed by atoms with Gasteiger partial charge in [-0.1, -0.05) is 34.1 Å². The third-order valence-electron chi connectivity index (χ3n) is 6.83. The Morgan fingerprint density at radius 1 is 1.05 bits per heavy atom. The first-order valence-electron chi connectivity index (χ1n) is 14.4. The number of amides is 3. The molecule has 1 rings (SSSR count). The van der Waals surface area contributed by atoms with Crippen LogP contribution in [0.25, 0.3) is 6.08 Å². The van der Waals surface area contributed by atoms with Crippen LogP contribution >= 0.6 is 0 Å². The summed E-state index contributed by atoms with van der Waals surface area (Å²) in [6.45, 7) is 12.6. The number of carbonyl (C=O) groups excluding carboxylic acids is 3. The maximum atomic E-state index is 13.6. The van der Waals surface area contributed by atoms with E-state index in [9.17, 15) is 24.3 Å². The molecule has 0 saturated heterocycles. The van der Waals surface area contributed by atoms with E-state index in [0.717, 1.165) is 4.90 Å². The summed E-state index contributed by atoms with van der Waals surface area (Å²) >= 11 is 0. The molecule has 0 radical (unpaired) electrons. The Labute approximate surface area is 255 Å². The first kappa shape index (κ1) is 37.2. The Morgan fingerprint density at radius 3 is 2.14 bits per heavy atom. The predicted molar refractivity (Wildman–Crippen MR) is 165 cm³/mol. The van der Waals surface area contributed by atoms with Crippen LogP contribution in [0.15, 0.2) is 18.3 Å². The summed E-state index contributed by atoms with van der Waals surface area (Å²) in [5.41, 5.74) is 6.22. The summed E-state index contributed by atoms with van der Waals surface area (Å²) in [5.74, 6) is -1.46. The minimum Gasteiger partial charge on any atom is -0.496 e. The van der Waals surface area contributed by atoms with E-state index in [4.69, 9.17) is 19.9 Å². The zero-order valence-corrected chi connectivity index (χ0v) is 27.1. The fourth-order valence-corrected chi connectivity index (χ4v) is 4.22. The topological polar surface area (TPSA) is 170 Å². The van der Waals surface area contributed by atoms with Gasteiger partial charge in [0, 0.05) is 31.3 Å².